The van der Waals surface area contributed by atoms with Crippen LogP contribution in [-0.2, 0) is 0 Å². The first-order valence-corrected chi connectivity index (χ1v) is 8.19. The molecule has 25 heavy (non-hydrogen) atoms. The fourth-order valence-electron chi connectivity index (χ4n) is 2.18. The van der Waals surface area contributed by atoms with Gasteiger partial charge < -0.3 is 9.84 Å². The van der Waals surface area contributed by atoms with Gasteiger partial charge in [0.1, 0.15) is 5.75 Å². The van der Waals surface area contributed by atoms with Crippen molar-refractivity contribution in [3.05, 3.63) is 58.6 Å². The summed E-state index contributed by atoms with van der Waals surface area (Å²) in [7, 11) is 0. The molecule has 0 saturated heterocycles. The Morgan fingerprint density at radius 3 is 2.40 bits per heavy atom. The minimum absolute atomic E-state index is 0.0765. The number of para-hydroxylation sites is 1. The molecule has 0 atom stereocenters. The Hall–Kier alpha value is -2.80. The molecular formula is C18H21N3O4. The summed E-state index contributed by atoms with van der Waals surface area (Å²) in [6.45, 7) is 0.867. The molecule has 0 fully saturated rings. The van der Waals surface area contributed by atoms with Crippen LogP contribution in [0, 0.1) is 10.1 Å². The first kappa shape index (κ1) is 18.5. The molecule has 0 spiro atoms. The summed E-state index contributed by atoms with van der Waals surface area (Å²) >= 11 is 0. The number of nitro groups is 1. The van der Waals surface area contributed by atoms with Crippen molar-refractivity contribution in [1.29, 1.82) is 0 Å². The number of rotatable bonds is 10. The molecule has 0 heterocycles. The van der Waals surface area contributed by atoms with Gasteiger partial charge in [-0.3, -0.25) is 10.1 Å². The quantitative estimate of drug-likeness (QED) is 0.286. The van der Waals surface area contributed by atoms with E-state index in [0.717, 1.165) is 31.4 Å². The van der Waals surface area contributed by atoms with Crippen molar-refractivity contribution in [1.82, 2.24) is 0 Å². The van der Waals surface area contributed by atoms with Crippen LogP contribution in [0.2, 0.25) is 0 Å². The largest absolute Gasteiger partial charge is 0.494 e. The summed E-state index contributed by atoms with van der Waals surface area (Å²) in [5.74, 6) is 0.742. The molecule has 0 unspecified atom stereocenters. The first-order chi connectivity index (χ1) is 12.2. The van der Waals surface area contributed by atoms with E-state index in [1.54, 1.807) is 42.5 Å². The van der Waals surface area contributed by atoms with Crippen molar-refractivity contribution < 1.29 is 14.8 Å². The molecule has 0 aliphatic rings. The van der Waals surface area contributed by atoms with E-state index < -0.39 is 4.92 Å². The fourth-order valence-corrected chi connectivity index (χ4v) is 2.18. The Balaban J connectivity index is 1.87. The molecule has 2 aromatic rings. The number of unbranched alkanes of at least 4 members (excludes halogenated alkanes) is 3. The van der Waals surface area contributed by atoms with Crippen molar-refractivity contribution >= 4 is 17.1 Å². The van der Waals surface area contributed by atoms with E-state index in [1.807, 2.05) is 0 Å². The molecule has 0 bridgehead atoms. The highest BCUT2D eigenvalue weighted by atomic mass is 16.6. The predicted octanol–water partition coefficient (Wildman–Crippen LogP) is 4.94. The lowest BCUT2D eigenvalue weighted by Gasteiger charge is -2.05. The summed E-state index contributed by atoms with van der Waals surface area (Å²) < 4.78 is 5.63. The number of hydrogen-bond donors (Lipinski definition) is 1. The van der Waals surface area contributed by atoms with Gasteiger partial charge in [0.05, 0.1) is 17.2 Å². The first-order valence-electron chi connectivity index (χ1n) is 8.19. The lowest BCUT2D eigenvalue weighted by Crippen LogP contribution is -1.97. The third kappa shape index (κ3) is 6.31. The molecule has 0 aliphatic heterocycles. The fraction of sp³-hybridized carbons (Fsp3) is 0.333. The normalized spacial score (nSPS) is 10.9. The number of aliphatic hydroxyl groups excluding tert-OH is 1. The number of hydrogen-bond acceptors (Lipinski definition) is 6. The zero-order chi connectivity index (χ0) is 17.9. The molecular weight excluding hydrogens is 322 g/mol. The van der Waals surface area contributed by atoms with Crippen LogP contribution >= 0.6 is 0 Å². The van der Waals surface area contributed by atoms with Crippen LogP contribution < -0.4 is 4.74 Å². The SMILES string of the molecule is O=[N+]([O-])c1ccccc1N=Nc1ccc(OCCCCCCO)cc1. The van der Waals surface area contributed by atoms with Crippen LogP contribution in [0.5, 0.6) is 5.75 Å². The Morgan fingerprint density at radius 2 is 1.68 bits per heavy atom. The topological polar surface area (TPSA) is 97.3 Å². The Kier molecular flexibility index (Phi) is 7.52. The van der Waals surface area contributed by atoms with E-state index in [4.69, 9.17) is 9.84 Å². The number of nitrogens with zero attached hydrogens (tertiary/aromatic N) is 3. The number of aliphatic hydroxyl groups is 1. The van der Waals surface area contributed by atoms with Gasteiger partial charge in [0.2, 0.25) is 0 Å². The van der Waals surface area contributed by atoms with E-state index in [9.17, 15) is 10.1 Å². The van der Waals surface area contributed by atoms with Gasteiger partial charge in [0.15, 0.2) is 5.69 Å². The zero-order valence-corrected chi connectivity index (χ0v) is 13.9. The molecule has 0 amide bonds. The summed E-state index contributed by atoms with van der Waals surface area (Å²) in [4.78, 5) is 10.5. The summed E-state index contributed by atoms with van der Waals surface area (Å²) in [6, 6.07) is 13.3. The van der Waals surface area contributed by atoms with Gasteiger partial charge in [-0.25, -0.2) is 0 Å². The number of benzene rings is 2. The summed E-state index contributed by atoms with van der Waals surface area (Å²) in [6.07, 6.45) is 3.81. The third-order valence-corrected chi connectivity index (χ3v) is 3.51. The maximum Gasteiger partial charge on any atom is 0.296 e. The van der Waals surface area contributed by atoms with Gasteiger partial charge in [-0.2, -0.15) is 5.11 Å². The summed E-state index contributed by atoms with van der Waals surface area (Å²) in [5, 5.41) is 27.6. The zero-order valence-electron chi connectivity index (χ0n) is 13.9. The second-order valence-corrected chi connectivity index (χ2v) is 5.43. The highest BCUT2D eigenvalue weighted by Gasteiger charge is 2.11. The van der Waals surface area contributed by atoms with Crippen molar-refractivity contribution in [3.63, 3.8) is 0 Å². The molecule has 132 valence electrons. The Morgan fingerprint density at radius 1 is 0.960 bits per heavy atom. The molecule has 2 rings (SSSR count). The lowest BCUT2D eigenvalue weighted by molar-refractivity contribution is -0.384. The number of azo groups is 1. The number of nitro benzene ring substituents is 1. The predicted molar refractivity (Wildman–Crippen MR) is 94.8 cm³/mol. The van der Waals surface area contributed by atoms with Crippen molar-refractivity contribution in [2.24, 2.45) is 10.2 Å². The minimum atomic E-state index is -0.480. The molecule has 1 N–H and O–H groups in total. The van der Waals surface area contributed by atoms with E-state index in [-0.39, 0.29) is 18.0 Å². The smallest absolute Gasteiger partial charge is 0.296 e. The second-order valence-electron chi connectivity index (χ2n) is 5.43. The standard InChI is InChI=1S/C18H21N3O4/c22-13-5-1-2-6-14-25-16-11-9-15(10-12-16)19-20-17-7-3-4-8-18(17)21(23)24/h3-4,7-12,22H,1-2,5-6,13-14H2. The van der Waals surface area contributed by atoms with Gasteiger partial charge in [-0.1, -0.05) is 18.6 Å². The molecule has 0 aliphatic carbocycles. The van der Waals surface area contributed by atoms with Crippen LogP contribution in [0.1, 0.15) is 25.7 Å². The van der Waals surface area contributed by atoms with E-state index in [1.165, 1.54) is 6.07 Å². The molecule has 7 heteroatoms. The van der Waals surface area contributed by atoms with E-state index in [2.05, 4.69) is 10.2 Å². The average Bonchev–Trinajstić information content (AvgIpc) is 2.64. The van der Waals surface area contributed by atoms with E-state index >= 15 is 0 Å². The van der Waals surface area contributed by atoms with Gasteiger partial charge in [0.25, 0.3) is 5.69 Å². The van der Waals surface area contributed by atoms with Crippen molar-refractivity contribution in [2.45, 2.75) is 25.7 Å². The number of ether oxygens (including phenoxy) is 1. The Labute approximate surface area is 146 Å². The average molecular weight is 343 g/mol. The second kappa shape index (κ2) is 10.1. The molecule has 0 radical (unpaired) electrons. The monoisotopic (exact) mass is 343 g/mol. The van der Waals surface area contributed by atoms with Crippen molar-refractivity contribution in [3.8, 4) is 5.75 Å². The third-order valence-electron chi connectivity index (χ3n) is 3.51. The van der Waals surface area contributed by atoms with E-state index in [0.29, 0.717) is 12.3 Å². The van der Waals surface area contributed by atoms with Crippen LogP contribution in [0.3, 0.4) is 0 Å². The summed E-state index contributed by atoms with van der Waals surface area (Å²) in [5.41, 5.74) is 0.733. The van der Waals surface area contributed by atoms with Crippen LogP contribution in [0.25, 0.3) is 0 Å². The highest BCUT2D eigenvalue weighted by Crippen LogP contribution is 2.28. The Bertz CT molecular complexity index is 702. The lowest BCUT2D eigenvalue weighted by atomic mass is 10.2. The van der Waals surface area contributed by atoms with Gasteiger partial charge in [-0.05, 0) is 49.6 Å². The van der Waals surface area contributed by atoms with Crippen LogP contribution in [0.15, 0.2) is 58.8 Å². The van der Waals surface area contributed by atoms with Gasteiger partial charge >= 0.3 is 0 Å². The molecule has 0 aromatic heterocycles. The highest BCUT2D eigenvalue weighted by molar-refractivity contribution is 5.56. The molecule has 2 aromatic carbocycles. The van der Waals surface area contributed by atoms with Crippen LogP contribution in [-0.4, -0.2) is 23.2 Å². The molecule has 0 saturated carbocycles. The van der Waals surface area contributed by atoms with Crippen LogP contribution in [0.4, 0.5) is 17.1 Å². The molecule has 7 nitrogen and oxygen atoms in total. The van der Waals surface area contributed by atoms with Gasteiger partial charge in [-0.15, -0.1) is 5.11 Å². The minimum Gasteiger partial charge on any atom is -0.494 e. The van der Waals surface area contributed by atoms with Crippen molar-refractivity contribution in [2.75, 3.05) is 13.2 Å². The maximum atomic E-state index is 10.9. The maximum absolute atomic E-state index is 10.9. The van der Waals surface area contributed by atoms with Gasteiger partial charge in [0, 0.05) is 12.7 Å².